The molecule has 2 heterocycles. The number of fused-ring (bicyclic) bond motifs is 1. The molecule has 1 saturated heterocycles. The average molecular weight is 284 g/mol. The lowest BCUT2D eigenvalue weighted by Gasteiger charge is -2.31. The third-order valence-corrected chi connectivity index (χ3v) is 5.05. The van der Waals surface area contributed by atoms with Gasteiger partial charge >= 0.3 is 0 Å². The molecule has 2 aromatic rings. The Balaban J connectivity index is 1.48. The molecule has 0 spiro atoms. The Labute approximate surface area is 128 Å². The Morgan fingerprint density at radius 3 is 2.81 bits per heavy atom. The van der Waals surface area contributed by atoms with Gasteiger partial charge in [0.05, 0.1) is 0 Å². The van der Waals surface area contributed by atoms with E-state index in [-0.39, 0.29) is 0 Å². The molecule has 2 heteroatoms. The molecule has 114 valence electrons. The zero-order chi connectivity index (χ0) is 14.5. The van der Waals surface area contributed by atoms with Crippen molar-refractivity contribution >= 4 is 10.9 Å². The monoisotopic (exact) mass is 284 g/mol. The minimum Gasteiger partial charge on any atom is -0.361 e. The third-order valence-electron chi connectivity index (χ3n) is 5.05. The fourth-order valence-electron chi connectivity index (χ4n) is 3.61. The molecular formula is C19H28N2. The van der Waals surface area contributed by atoms with E-state index in [4.69, 9.17) is 0 Å². The van der Waals surface area contributed by atoms with Gasteiger partial charge < -0.3 is 9.88 Å². The zero-order valence-corrected chi connectivity index (χ0v) is 13.3. The van der Waals surface area contributed by atoms with Crippen molar-refractivity contribution in [3.05, 3.63) is 36.0 Å². The van der Waals surface area contributed by atoms with E-state index < -0.39 is 0 Å². The summed E-state index contributed by atoms with van der Waals surface area (Å²) in [4.78, 5) is 6.04. The van der Waals surface area contributed by atoms with Crippen LogP contribution in [0.25, 0.3) is 10.9 Å². The minimum atomic E-state index is 0.995. The molecule has 3 rings (SSSR count). The van der Waals surface area contributed by atoms with Crippen molar-refractivity contribution in [3.63, 3.8) is 0 Å². The van der Waals surface area contributed by atoms with E-state index in [9.17, 15) is 0 Å². The summed E-state index contributed by atoms with van der Waals surface area (Å²) in [5, 5.41) is 1.40. The number of para-hydroxylation sites is 1. The maximum Gasteiger partial charge on any atom is 0.0456 e. The van der Waals surface area contributed by atoms with Gasteiger partial charge in [-0.2, -0.15) is 0 Å². The van der Waals surface area contributed by atoms with E-state index >= 15 is 0 Å². The molecule has 0 bridgehead atoms. The van der Waals surface area contributed by atoms with Crippen molar-refractivity contribution in [1.82, 2.24) is 9.88 Å². The van der Waals surface area contributed by atoms with Crippen LogP contribution in [0.1, 0.15) is 44.6 Å². The lowest BCUT2D eigenvalue weighted by molar-refractivity contribution is 0.179. The molecule has 1 aliphatic rings. The second kappa shape index (κ2) is 7.13. The molecule has 0 saturated carbocycles. The van der Waals surface area contributed by atoms with E-state index in [1.807, 2.05) is 0 Å². The summed E-state index contributed by atoms with van der Waals surface area (Å²) < 4.78 is 0. The van der Waals surface area contributed by atoms with Crippen molar-refractivity contribution in [2.24, 2.45) is 5.92 Å². The number of nitrogens with zero attached hydrogens (tertiary/aromatic N) is 1. The average Bonchev–Trinajstić information content (AvgIpc) is 2.95. The number of aromatic amines is 1. The number of nitrogens with one attached hydrogen (secondary N) is 1. The summed E-state index contributed by atoms with van der Waals surface area (Å²) in [7, 11) is 0. The summed E-state index contributed by atoms with van der Waals surface area (Å²) in [6.45, 7) is 6.12. The van der Waals surface area contributed by atoms with Gasteiger partial charge in [-0.15, -0.1) is 0 Å². The first-order valence-electron chi connectivity index (χ1n) is 8.64. The second-order valence-corrected chi connectivity index (χ2v) is 6.54. The highest BCUT2D eigenvalue weighted by molar-refractivity contribution is 5.83. The van der Waals surface area contributed by atoms with Crippen LogP contribution in [0, 0.1) is 5.92 Å². The normalized spacial score (nSPS) is 17.6. The lowest BCUT2D eigenvalue weighted by Crippen LogP contribution is -2.35. The van der Waals surface area contributed by atoms with Gasteiger partial charge in [-0.3, -0.25) is 0 Å². The molecule has 0 amide bonds. The van der Waals surface area contributed by atoms with Gasteiger partial charge in [0.1, 0.15) is 0 Å². The van der Waals surface area contributed by atoms with Crippen molar-refractivity contribution in [3.8, 4) is 0 Å². The van der Waals surface area contributed by atoms with Gasteiger partial charge in [-0.25, -0.2) is 0 Å². The van der Waals surface area contributed by atoms with Gasteiger partial charge in [-0.1, -0.05) is 44.4 Å². The van der Waals surface area contributed by atoms with Crippen LogP contribution in [0.15, 0.2) is 30.5 Å². The molecule has 0 unspecified atom stereocenters. The highest BCUT2D eigenvalue weighted by atomic mass is 15.1. The molecule has 1 fully saturated rings. The number of piperidine rings is 1. The maximum atomic E-state index is 3.39. The SMILES string of the molecule is CCCCC1CCN(CCc2c[nH]c3ccccc23)CC1. The van der Waals surface area contributed by atoms with E-state index in [1.165, 1.54) is 74.6 Å². The quantitative estimate of drug-likeness (QED) is 0.820. The number of likely N-dealkylation sites (tertiary alicyclic amines) is 1. The number of hydrogen-bond donors (Lipinski definition) is 1. The molecule has 1 aliphatic heterocycles. The molecule has 0 atom stereocenters. The first-order chi connectivity index (χ1) is 10.4. The fourth-order valence-corrected chi connectivity index (χ4v) is 3.61. The Hall–Kier alpha value is -1.28. The first-order valence-corrected chi connectivity index (χ1v) is 8.64. The maximum absolute atomic E-state index is 3.39. The van der Waals surface area contributed by atoms with Crippen LogP contribution in [0.3, 0.4) is 0 Å². The van der Waals surface area contributed by atoms with Crippen LogP contribution in [-0.2, 0) is 6.42 Å². The Morgan fingerprint density at radius 2 is 2.00 bits per heavy atom. The first kappa shape index (κ1) is 14.6. The Morgan fingerprint density at radius 1 is 1.19 bits per heavy atom. The van der Waals surface area contributed by atoms with Crippen molar-refractivity contribution in [1.29, 1.82) is 0 Å². The van der Waals surface area contributed by atoms with Crippen LogP contribution < -0.4 is 0 Å². The smallest absolute Gasteiger partial charge is 0.0456 e. The fraction of sp³-hybridized carbons (Fsp3) is 0.579. The Bertz CT molecular complexity index is 549. The van der Waals surface area contributed by atoms with Gasteiger partial charge in [0.25, 0.3) is 0 Å². The number of aromatic nitrogens is 1. The van der Waals surface area contributed by atoms with Gasteiger partial charge in [0.2, 0.25) is 0 Å². The summed E-state index contributed by atoms with van der Waals surface area (Å²) in [5.41, 5.74) is 2.74. The number of unbranched alkanes of at least 4 members (excludes halogenated alkanes) is 1. The molecule has 0 radical (unpaired) electrons. The van der Waals surface area contributed by atoms with Gasteiger partial charge in [0, 0.05) is 23.6 Å². The minimum absolute atomic E-state index is 0.995. The zero-order valence-electron chi connectivity index (χ0n) is 13.3. The van der Waals surface area contributed by atoms with Crippen LogP contribution in [0.4, 0.5) is 0 Å². The van der Waals surface area contributed by atoms with E-state index in [1.54, 1.807) is 0 Å². The van der Waals surface area contributed by atoms with Crippen LogP contribution in [0.5, 0.6) is 0 Å². The number of rotatable bonds is 6. The van der Waals surface area contributed by atoms with Crippen LogP contribution >= 0.6 is 0 Å². The number of H-pyrrole nitrogens is 1. The van der Waals surface area contributed by atoms with Crippen molar-refractivity contribution < 1.29 is 0 Å². The summed E-state index contributed by atoms with van der Waals surface area (Å²) >= 11 is 0. The predicted molar refractivity (Wildman–Crippen MR) is 90.7 cm³/mol. The summed E-state index contributed by atoms with van der Waals surface area (Å²) in [6.07, 6.45) is 10.4. The van der Waals surface area contributed by atoms with Crippen molar-refractivity contribution in [2.45, 2.75) is 45.4 Å². The molecular weight excluding hydrogens is 256 g/mol. The van der Waals surface area contributed by atoms with Gasteiger partial charge in [-0.05, 0) is 49.9 Å². The molecule has 1 aromatic carbocycles. The van der Waals surface area contributed by atoms with E-state index in [0.29, 0.717) is 0 Å². The lowest BCUT2D eigenvalue weighted by atomic mass is 9.91. The number of benzene rings is 1. The van der Waals surface area contributed by atoms with Crippen LogP contribution in [-0.4, -0.2) is 29.5 Å². The van der Waals surface area contributed by atoms with Crippen LogP contribution in [0.2, 0.25) is 0 Å². The molecule has 1 aromatic heterocycles. The molecule has 2 nitrogen and oxygen atoms in total. The molecule has 0 aliphatic carbocycles. The highest BCUT2D eigenvalue weighted by Gasteiger charge is 2.18. The standard InChI is InChI=1S/C19H28N2/c1-2-3-6-16-9-12-21(13-10-16)14-11-17-15-20-19-8-5-4-7-18(17)19/h4-5,7-8,15-16,20H,2-3,6,9-14H2,1H3. The summed E-state index contributed by atoms with van der Waals surface area (Å²) in [6, 6.07) is 8.64. The van der Waals surface area contributed by atoms with E-state index in [0.717, 1.165) is 5.92 Å². The third kappa shape index (κ3) is 3.68. The molecule has 1 N–H and O–H groups in total. The Kier molecular flexibility index (Phi) is 4.97. The second-order valence-electron chi connectivity index (χ2n) is 6.54. The van der Waals surface area contributed by atoms with Crippen molar-refractivity contribution in [2.75, 3.05) is 19.6 Å². The highest BCUT2D eigenvalue weighted by Crippen LogP contribution is 2.23. The topological polar surface area (TPSA) is 19.0 Å². The molecule has 21 heavy (non-hydrogen) atoms. The van der Waals surface area contributed by atoms with E-state index in [2.05, 4.69) is 47.3 Å². The number of hydrogen-bond acceptors (Lipinski definition) is 1. The summed E-state index contributed by atoms with van der Waals surface area (Å²) in [5.74, 6) is 0.995. The van der Waals surface area contributed by atoms with Gasteiger partial charge in [0.15, 0.2) is 0 Å². The predicted octanol–water partition coefficient (Wildman–Crippen LogP) is 4.61. The largest absolute Gasteiger partial charge is 0.361 e.